The van der Waals surface area contributed by atoms with Gasteiger partial charge >= 0.3 is 5.97 Å². The molecule has 1 unspecified atom stereocenters. The van der Waals surface area contributed by atoms with Gasteiger partial charge in [0.25, 0.3) is 0 Å². The molecule has 8 heteroatoms. The maximum atomic E-state index is 11.5. The van der Waals surface area contributed by atoms with Crippen molar-refractivity contribution in [1.82, 2.24) is 5.32 Å². The maximum Gasteiger partial charge on any atom is 0.332 e. The molecule has 0 aromatic rings. The molecule has 2 atom stereocenters. The van der Waals surface area contributed by atoms with Crippen LogP contribution < -0.4 is 5.32 Å². The van der Waals surface area contributed by atoms with Crippen LogP contribution in [0.1, 0.15) is 20.3 Å². The first kappa shape index (κ1) is 14.9. The molecule has 2 N–H and O–H groups in total. The highest BCUT2D eigenvalue weighted by molar-refractivity contribution is 7.91. The fourth-order valence-electron chi connectivity index (χ4n) is 1.75. The van der Waals surface area contributed by atoms with Gasteiger partial charge in [-0.15, -0.1) is 0 Å². The Balaban J connectivity index is 2.44. The molecule has 1 heterocycles. The van der Waals surface area contributed by atoms with Crippen LogP contribution in [0.15, 0.2) is 0 Å². The van der Waals surface area contributed by atoms with Crippen LogP contribution in [0.5, 0.6) is 0 Å². The molecular formula is C10H17NO6S. The normalized spacial score (nSPS) is 27.7. The number of sulfone groups is 1. The number of rotatable bonds is 5. The standard InChI is InChI=1S/C10H17NO6S/c1-7(9(13)14)17-5-8(12)11-10(2)3-4-18(15,16)6-10/h7H,3-6H2,1-2H3,(H,11,12)(H,13,14)/t7-,10?/m1/s1. The summed E-state index contributed by atoms with van der Waals surface area (Å²) in [5, 5.41) is 11.1. The molecule has 0 radical (unpaired) electrons. The summed E-state index contributed by atoms with van der Waals surface area (Å²) in [6.45, 7) is 2.57. The summed E-state index contributed by atoms with van der Waals surface area (Å²) in [4.78, 5) is 22.0. The molecule has 0 aliphatic carbocycles. The Morgan fingerprint density at radius 1 is 1.50 bits per heavy atom. The molecule has 1 fully saturated rings. The first-order valence-corrected chi connectivity index (χ1v) is 7.31. The van der Waals surface area contributed by atoms with Crippen molar-refractivity contribution in [3.05, 3.63) is 0 Å². The monoisotopic (exact) mass is 279 g/mol. The minimum atomic E-state index is -3.09. The summed E-state index contributed by atoms with van der Waals surface area (Å²) in [5.41, 5.74) is -0.786. The highest BCUT2D eigenvalue weighted by Crippen LogP contribution is 2.22. The summed E-state index contributed by atoms with van der Waals surface area (Å²) in [5.74, 6) is -1.71. The molecule has 104 valence electrons. The van der Waals surface area contributed by atoms with Crippen LogP contribution in [0, 0.1) is 0 Å². The van der Waals surface area contributed by atoms with Crippen molar-refractivity contribution in [2.75, 3.05) is 18.1 Å². The number of aliphatic carboxylic acids is 1. The van der Waals surface area contributed by atoms with E-state index in [-0.39, 0.29) is 11.5 Å². The van der Waals surface area contributed by atoms with E-state index in [0.717, 1.165) is 0 Å². The van der Waals surface area contributed by atoms with Gasteiger partial charge in [-0.3, -0.25) is 4.79 Å². The van der Waals surface area contributed by atoms with Crippen molar-refractivity contribution in [3.63, 3.8) is 0 Å². The van der Waals surface area contributed by atoms with E-state index in [1.165, 1.54) is 6.92 Å². The lowest BCUT2D eigenvalue weighted by Crippen LogP contribution is -2.48. The van der Waals surface area contributed by atoms with Gasteiger partial charge < -0.3 is 15.2 Å². The first-order chi connectivity index (χ1) is 8.14. The van der Waals surface area contributed by atoms with Crippen molar-refractivity contribution >= 4 is 21.7 Å². The molecule has 0 aromatic carbocycles. The van der Waals surface area contributed by atoms with Gasteiger partial charge in [-0.25, -0.2) is 13.2 Å². The van der Waals surface area contributed by atoms with Crippen LogP contribution in [-0.4, -0.2) is 55.2 Å². The van der Waals surface area contributed by atoms with Gasteiger partial charge in [0.05, 0.1) is 17.0 Å². The van der Waals surface area contributed by atoms with Crippen molar-refractivity contribution in [1.29, 1.82) is 0 Å². The molecular weight excluding hydrogens is 262 g/mol. The molecule has 0 aromatic heterocycles. The quantitative estimate of drug-likeness (QED) is 0.679. The zero-order valence-electron chi connectivity index (χ0n) is 10.3. The molecule has 0 saturated carbocycles. The number of carbonyl (C=O) groups excluding carboxylic acids is 1. The SMILES string of the molecule is C[C@@H](OCC(=O)NC1(C)CCS(=O)(=O)C1)C(=O)O. The number of nitrogens with one attached hydrogen (secondary N) is 1. The average molecular weight is 279 g/mol. The largest absolute Gasteiger partial charge is 0.479 e. The van der Waals surface area contributed by atoms with Gasteiger partial charge in [0.1, 0.15) is 6.61 Å². The Morgan fingerprint density at radius 2 is 2.11 bits per heavy atom. The van der Waals surface area contributed by atoms with E-state index in [0.29, 0.717) is 6.42 Å². The van der Waals surface area contributed by atoms with Crippen LogP contribution in [0.25, 0.3) is 0 Å². The predicted octanol–water partition coefficient (Wildman–Crippen LogP) is -0.830. The number of carboxylic acids is 1. The first-order valence-electron chi connectivity index (χ1n) is 5.49. The van der Waals surface area contributed by atoms with Crippen LogP contribution in [0.3, 0.4) is 0 Å². The van der Waals surface area contributed by atoms with Gasteiger partial charge in [0, 0.05) is 0 Å². The van der Waals surface area contributed by atoms with Crippen LogP contribution in [0.2, 0.25) is 0 Å². The van der Waals surface area contributed by atoms with E-state index in [2.05, 4.69) is 5.32 Å². The molecule has 1 saturated heterocycles. The summed E-state index contributed by atoms with van der Waals surface area (Å²) in [7, 11) is -3.09. The second-order valence-corrected chi connectivity index (χ2v) is 6.93. The number of hydrogen-bond donors (Lipinski definition) is 2. The molecule has 0 spiro atoms. The Morgan fingerprint density at radius 3 is 2.56 bits per heavy atom. The van der Waals surface area contributed by atoms with Crippen LogP contribution >= 0.6 is 0 Å². The van der Waals surface area contributed by atoms with Gasteiger partial charge in [-0.05, 0) is 20.3 Å². The minimum Gasteiger partial charge on any atom is -0.479 e. The Kier molecular flexibility index (Phi) is 4.33. The second kappa shape index (κ2) is 5.23. The number of carboxylic acid groups (broad SMARTS) is 1. The highest BCUT2D eigenvalue weighted by atomic mass is 32.2. The molecule has 7 nitrogen and oxygen atoms in total. The molecule has 18 heavy (non-hydrogen) atoms. The van der Waals surface area contributed by atoms with Crippen LogP contribution in [-0.2, 0) is 24.2 Å². The van der Waals surface area contributed by atoms with E-state index >= 15 is 0 Å². The van der Waals surface area contributed by atoms with Gasteiger partial charge in [-0.2, -0.15) is 0 Å². The lowest BCUT2D eigenvalue weighted by molar-refractivity contribution is -0.151. The molecule has 1 rings (SSSR count). The fourth-order valence-corrected chi connectivity index (χ4v) is 3.85. The van der Waals surface area contributed by atoms with Crippen molar-refractivity contribution in [2.45, 2.75) is 31.9 Å². The lowest BCUT2D eigenvalue weighted by atomic mass is 10.0. The van der Waals surface area contributed by atoms with E-state index in [1.54, 1.807) is 6.92 Å². The number of carbonyl (C=O) groups is 2. The summed E-state index contributed by atoms with van der Waals surface area (Å²) >= 11 is 0. The summed E-state index contributed by atoms with van der Waals surface area (Å²) < 4.78 is 27.5. The fraction of sp³-hybridized carbons (Fsp3) is 0.800. The van der Waals surface area contributed by atoms with Crippen molar-refractivity contribution < 1.29 is 27.9 Å². The highest BCUT2D eigenvalue weighted by Gasteiger charge is 2.39. The number of amides is 1. The lowest BCUT2D eigenvalue weighted by Gasteiger charge is -2.24. The third-order valence-electron chi connectivity index (χ3n) is 2.76. The zero-order chi connectivity index (χ0) is 14.0. The molecule has 1 amide bonds. The van der Waals surface area contributed by atoms with E-state index in [1.807, 2.05) is 0 Å². The van der Waals surface area contributed by atoms with E-state index in [4.69, 9.17) is 9.84 Å². The minimum absolute atomic E-state index is 0.0518. The zero-order valence-corrected chi connectivity index (χ0v) is 11.1. The smallest absolute Gasteiger partial charge is 0.332 e. The molecule has 0 bridgehead atoms. The number of hydrogen-bond acceptors (Lipinski definition) is 5. The van der Waals surface area contributed by atoms with Gasteiger partial charge in [0.15, 0.2) is 15.9 Å². The average Bonchev–Trinajstić information content (AvgIpc) is 2.49. The third-order valence-corrected chi connectivity index (χ3v) is 4.66. The Hall–Kier alpha value is -1.15. The van der Waals surface area contributed by atoms with E-state index in [9.17, 15) is 18.0 Å². The van der Waals surface area contributed by atoms with Crippen molar-refractivity contribution in [2.24, 2.45) is 0 Å². The summed E-state index contributed by atoms with van der Waals surface area (Å²) in [6, 6.07) is 0. The number of ether oxygens (including phenoxy) is 1. The molecule has 1 aliphatic heterocycles. The maximum absolute atomic E-state index is 11.5. The van der Waals surface area contributed by atoms with Gasteiger partial charge in [0.2, 0.25) is 5.91 Å². The van der Waals surface area contributed by atoms with Crippen molar-refractivity contribution in [3.8, 4) is 0 Å². The van der Waals surface area contributed by atoms with Crippen LogP contribution in [0.4, 0.5) is 0 Å². The van der Waals surface area contributed by atoms with Gasteiger partial charge in [-0.1, -0.05) is 0 Å². The summed E-state index contributed by atoms with van der Waals surface area (Å²) in [6.07, 6.45) is -0.717. The predicted molar refractivity (Wildman–Crippen MR) is 62.9 cm³/mol. The third kappa shape index (κ3) is 4.26. The topological polar surface area (TPSA) is 110 Å². The van der Waals surface area contributed by atoms with E-state index < -0.39 is 40.0 Å². The Bertz CT molecular complexity index is 445. The Labute approximate surface area is 105 Å². The second-order valence-electron chi connectivity index (χ2n) is 4.74. The molecule has 1 aliphatic rings.